The monoisotopic (exact) mass is 950 g/mol. The molecular weight excluding hydrogens is 889 g/mol. The van der Waals surface area contributed by atoms with E-state index in [0.717, 1.165) is 123 Å². The van der Waals surface area contributed by atoms with Crippen LogP contribution in [0, 0.1) is 24.7 Å². The van der Waals surface area contributed by atoms with E-state index in [1.54, 1.807) is 28.4 Å². The molecule has 0 saturated carbocycles. The molecule has 8 bridgehead atoms. The smallest absolute Gasteiger partial charge is 0.0737 e. The predicted molar refractivity (Wildman–Crippen MR) is 297 cm³/mol. The average Bonchev–Trinajstić information content (AvgIpc) is 4.21. The van der Waals surface area contributed by atoms with Gasteiger partial charge in [-0.3, -0.25) is 0 Å². The van der Waals surface area contributed by atoms with Crippen LogP contribution in [-0.4, -0.2) is 48.4 Å². The highest BCUT2D eigenvalue weighted by Gasteiger charge is 2.27. The van der Waals surface area contributed by atoms with Gasteiger partial charge in [-0.05, 0) is 139 Å². The molecule has 4 aromatic carbocycles. The molecular formula is C64H62N4O4. The van der Waals surface area contributed by atoms with E-state index in [9.17, 15) is 0 Å². The summed E-state index contributed by atoms with van der Waals surface area (Å²) in [5.74, 6) is 5.59. The van der Waals surface area contributed by atoms with E-state index in [4.69, 9.17) is 41.8 Å². The minimum Gasteiger partial charge on any atom is -0.380 e. The number of fused-ring (bicyclic) bond motifs is 8. The summed E-state index contributed by atoms with van der Waals surface area (Å²) < 4.78 is 24.0. The molecule has 0 spiro atoms. The number of aromatic nitrogens is 4. The fourth-order valence-electron chi connectivity index (χ4n) is 9.93. The van der Waals surface area contributed by atoms with Crippen molar-refractivity contribution in [2.75, 3.05) is 28.4 Å². The van der Waals surface area contributed by atoms with Crippen LogP contribution in [0.5, 0.6) is 0 Å². The summed E-state index contributed by atoms with van der Waals surface area (Å²) in [5.41, 5.74) is 21.9. The number of rotatable bonds is 12. The van der Waals surface area contributed by atoms with Crippen molar-refractivity contribution in [2.24, 2.45) is 0 Å². The van der Waals surface area contributed by atoms with E-state index < -0.39 is 0 Å². The topological polar surface area (TPSA) is 94.3 Å². The van der Waals surface area contributed by atoms with Gasteiger partial charge in [0.2, 0.25) is 0 Å². The Hall–Kier alpha value is -7.56. The summed E-state index contributed by atoms with van der Waals surface area (Å²) in [4.78, 5) is 19.1. The van der Waals surface area contributed by atoms with Crippen molar-refractivity contribution in [2.45, 2.75) is 78.8 Å². The van der Waals surface area contributed by atoms with Crippen LogP contribution < -0.4 is 0 Å². The standard InChI is InChI=1S/C64H62N4O4/c1-13-39-15-19-41(20-16-39)59-49-23-27-53(65-49)61(57-43(35-69-9)31-47(63(3,4)5)32-44(57)36-70-10)55-29-25-51(67-55)60(42-21-17-40(14-2)18-22-42)52-26-30-56(68-52)62(54-28-24-50(59)66-54)58-45(37-71-11)33-48(64(6,7)8)34-46(58)38-72-12/h1-2,15-34,65,68H,35-38H2,3-12H3. The second-order valence-corrected chi connectivity index (χ2v) is 20.5. The first-order valence-corrected chi connectivity index (χ1v) is 24.3. The first kappa shape index (κ1) is 49.4. The summed E-state index contributed by atoms with van der Waals surface area (Å²) >= 11 is 0. The van der Waals surface area contributed by atoms with E-state index >= 15 is 0 Å². The minimum absolute atomic E-state index is 0.137. The highest BCUT2D eigenvalue weighted by molar-refractivity contribution is 6.01. The molecule has 0 radical (unpaired) electrons. The maximum atomic E-state index is 6.00. The van der Waals surface area contributed by atoms with Gasteiger partial charge in [-0.1, -0.05) is 102 Å². The number of nitrogens with zero attached hydrogens (tertiary/aromatic N) is 2. The molecule has 0 saturated heterocycles. The van der Waals surface area contributed by atoms with Crippen LogP contribution >= 0.6 is 0 Å². The maximum absolute atomic E-state index is 6.00. The van der Waals surface area contributed by atoms with Gasteiger partial charge in [0.25, 0.3) is 0 Å². The molecule has 362 valence electrons. The molecule has 8 heteroatoms. The third-order valence-corrected chi connectivity index (χ3v) is 13.5. The normalized spacial score (nSPS) is 12.3. The Kier molecular flexibility index (Phi) is 13.9. The van der Waals surface area contributed by atoms with Crippen molar-refractivity contribution in [1.82, 2.24) is 19.9 Å². The molecule has 5 heterocycles. The van der Waals surface area contributed by atoms with Gasteiger partial charge in [0.1, 0.15) is 0 Å². The molecule has 0 fully saturated rings. The van der Waals surface area contributed by atoms with Gasteiger partial charge in [-0.25, -0.2) is 9.97 Å². The largest absolute Gasteiger partial charge is 0.380 e. The molecule has 9 rings (SSSR count). The van der Waals surface area contributed by atoms with Gasteiger partial charge in [0.05, 0.1) is 49.2 Å². The Bertz CT molecular complexity index is 3250. The van der Waals surface area contributed by atoms with Crippen molar-refractivity contribution in [1.29, 1.82) is 0 Å². The zero-order valence-electron chi connectivity index (χ0n) is 43.1. The van der Waals surface area contributed by atoms with Crippen molar-refractivity contribution < 1.29 is 18.9 Å². The molecule has 0 aliphatic carbocycles. The lowest BCUT2D eigenvalue weighted by atomic mass is 9.82. The fourth-order valence-corrected chi connectivity index (χ4v) is 9.93. The third kappa shape index (κ3) is 9.63. The third-order valence-electron chi connectivity index (χ3n) is 13.5. The minimum atomic E-state index is -0.137. The van der Waals surface area contributed by atoms with Crippen molar-refractivity contribution in [3.63, 3.8) is 0 Å². The number of aromatic amines is 2. The number of benzene rings is 4. The first-order valence-electron chi connectivity index (χ1n) is 24.3. The van der Waals surface area contributed by atoms with Gasteiger partial charge in [0, 0.05) is 83.9 Å². The number of hydrogen-bond donors (Lipinski definition) is 2. The molecule has 2 N–H and O–H groups in total. The zero-order valence-corrected chi connectivity index (χ0v) is 43.1. The summed E-state index contributed by atoms with van der Waals surface area (Å²) in [6.07, 6.45) is 20.3. The second-order valence-electron chi connectivity index (χ2n) is 20.5. The molecule has 72 heavy (non-hydrogen) atoms. The lowest BCUT2D eigenvalue weighted by Gasteiger charge is -2.24. The average molecular weight is 951 g/mol. The van der Waals surface area contributed by atoms with Gasteiger partial charge < -0.3 is 28.9 Å². The van der Waals surface area contributed by atoms with E-state index in [1.165, 1.54) is 11.1 Å². The summed E-state index contributed by atoms with van der Waals surface area (Å²) in [7, 11) is 6.96. The number of terminal acetylenes is 2. The van der Waals surface area contributed by atoms with E-state index in [0.29, 0.717) is 26.4 Å². The van der Waals surface area contributed by atoms with E-state index in [-0.39, 0.29) is 10.8 Å². The highest BCUT2D eigenvalue weighted by atomic mass is 16.5. The summed E-state index contributed by atoms with van der Waals surface area (Å²) in [6.45, 7) is 14.9. The molecule has 0 amide bonds. The van der Waals surface area contributed by atoms with Crippen LogP contribution in [0.1, 0.15) is 109 Å². The Morgan fingerprint density at radius 1 is 0.403 bits per heavy atom. The molecule has 0 atom stereocenters. The molecule has 2 aliphatic heterocycles. The lowest BCUT2D eigenvalue weighted by molar-refractivity contribution is 0.180. The SMILES string of the molecule is C#Cc1ccc(-c2c3nc(c(-c4c(COC)cc(C(C)(C)C)cc4COC)c4ccc([nH]4)c(-c4ccc(C#C)cc4)c4nc(c(-c5c(COC)cc(C(C)(C)C)cc5COC)c5ccc2[nH]5)C=C4)C=C3)cc1. The summed E-state index contributed by atoms with van der Waals surface area (Å²) in [6, 6.07) is 33.8. The number of methoxy groups -OCH3 is 4. The highest BCUT2D eigenvalue weighted by Crippen LogP contribution is 2.43. The molecule has 0 unspecified atom stereocenters. The fraction of sp³-hybridized carbons (Fsp3) is 0.250. The van der Waals surface area contributed by atoms with Crippen LogP contribution in [0.2, 0.25) is 0 Å². The quantitative estimate of drug-likeness (QED) is 0.119. The van der Waals surface area contributed by atoms with Crippen molar-refractivity contribution in [3.8, 4) is 69.2 Å². The van der Waals surface area contributed by atoms with Gasteiger partial charge in [-0.2, -0.15) is 0 Å². The van der Waals surface area contributed by atoms with Crippen LogP contribution in [0.4, 0.5) is 0 Å². The summed E-state index contributed by atoms with van der Waals surface area (Å²) in [5, 5.41) is 0. The first-order chi connectivity index (χ1) is 34.7. The Morgan fingerprint density at radius 2 is 0.681 bits per heavy atom. The number of nitrogens with one attached hydrogen (secondary N) is 2. The molecule has 3 aromatic heterocycles. The number of H-pyrrole nitrogens is 2. The Labute approximate surface area is 424 Å². The number of hydrogen-bond acceptors (Lipinski definition) is 6. The van der Waals surface area contributed by atoms with Crippen LogP contribution in [0.3, 0.4) is 0 Å². The van der Waals surface area contributed by atoms with Crippen LogP contribution in [-0.2, 0) is 56.2 Å². The van der Waals surface area contributed by atoms with Gasteiger partial charge in [-0.15, -0.1) is 12.8 Å². The zero-order chi connectivity index (χ0) is 50.9. The van der Waals surface area contributed by atoms with Gasteiger partial charge >= 0.3 is 0 Å². The van der Waals surface area contributed by atoms with Crippen molar-refractivity contribution in [3.05, 3.63) is 164 Å². The maximum Gasteiger partial charge on any atom is 0.0737 e. The second kappa shape index (κ2) is 20.3. The molecule has 7 aromatic rings. The number of ether oxygens (including phenoxy) is 4. The Balaban J connectivity index is 1.51. The lowest BCUT2D eigenvalue weighted by Crippen LogP contribution is -2.14. The Morgan fingerprint density at radius 3 is 0.944 bits per heavy atom. The van der Waals surface area contributed by atoms with Crippen molar-refractivity contribution >= 4 is 46.4 Å². The molecule has 2 aliphatic rings. The molecule has 8 nitrogen and oxygen atoms in total. The van der Waals surface area contributed by atoms with E-state index in [2.05, 4.69) is 160 Å². The predicted octanol–water partition coefficient (Wildman–Crippen LogP) is 14.5. The van der Waals surface area contributed by atoms with E-state index in [1.807, 2.05) is 24.3 Å². The van der Waals surface area contributed by atoms with Gasteiger partial charge in [0.15, 0.2) is 0 Å². The van der Waals surface area contributed by atoms with Crippen LogP contribution in [0.25, 0.3) is 90.9 Å². The van der Waals surface area contributed by atoms with Crippen LogP contribution in [0.15, 0.2) is 97.1 Å².